The van der Waals surface area contributed by atoms with Crippen molar-refractivity contribution in [1.29, 1.82) is 0 Å². The summed E-state index contributed by atoms with van der Waals surface area (Å²) in [7, 11) is 0. The lowest BCUT2D eigenvalue weighted by atomic mass is 9.88. The molecule has 0 fully saturated rings. The van der Waals surface area contributed by atoms with Crippen LogP contribution in [0.2, 0.25) is 0 Å². The summed E-state index contributed by atoms with van der Waals surface area (Å²) in [6.07, 6.45) is 1.79. The Labute approximate surface area is 90.5 Å². The van der Waals surface area contributed by atoms with Gasteiger partial charge in [-0.2, -0.15) is 0 Å². The van der Waals surface area contributed by atoms with Crippen LogP contribution in [0.4, 0.5) is 0 Å². The van der Waals surface area contributed by atoms with Gasteiger partial charge in [0, 0.05) is 12.3 Å². The van der Waals surface area contributed by atoms with Gasteiger partial charge in [0.1, 0.15) is 6.61 Å². The first-order valence-electron chi connectivity index (χ1n) is 4.98. The number of hydrogen-bond acceptors (Lipinski definition) is 3. The fourth-order valence-electron chi connectivity index (χ4n) is 1.08. The molecule has 3 nitrogen and oxygen atoms in total. The summed E-state index contributed by atoms with van der Waals surface area (Å²) < 4.78 is 5.17. The highest BCUT2D eigenvalue weighted by atomic mass is 16.5. The number of rotatable bonds is 3. The zero-order valence-corrected chi connectivity index (χ0v) is 9.70. The maximum Gasteiger partial charge on any atom is 0.213 e. The van der Waals surface area contributed by atoms with Crippen molar-refractivity contribution in [3.05, 3.63) is 23.9 Å². The van der Waals surface area contributed by atoms with Crippen molar-refractivity contribution in [2.75, 3.05) is 6.61 Å². The van der Waals surface area contributed by atoms with Gasteiger partial charge >= 0.3 is 0 Å². The molecule has 0 amide bonds. The van der Waals surface area contributed by atoms with Crippen molar-refractivity contribution in [2.45, 2.75) is 33.1 Å². The molecule has 1 aromatic heterocycles. The third kappa shape index (κ3) is 3.70. The lowest BCUT2D eigenvalue weighted by Crippen LogP contribution is -2.12. The van der Waals surface area contributed by atoms with Gasteiger partial charge in [-0.25, -0.2) is 4.98 Å². The summed E-state index contributed by atoms with van der Waals surface area (Å²) in [5, 5.41) is 0. The van der Waals surface area contributed by atoms with Crippen LogP contribution < -0.4 is 4.74 Å². The average Bonchev–Trinajstić information content (AvgIpc) is 2.14. The summed E-state index contributed by atoms with van der Waals surface area (Å²) in [6.45, 7) is 7.95. The third-order valence-electron chi connectivity index (χ3n) is 2.03. The number of nitrogens with zero attached hydrogens (tertiary/aromatic N) is 1. The van der Waals surface area contributed by atoms with Crippen molar-refractivity contribution in [1.82, 2.24) is 4.98 Å². The second-order valence-electron chi connectivity index (χ2n) is 4.63. The fraction of sp³-hybridized carbons (Fsp3) is 0.500. The van der Waals surface area contributed by atoms with E-state index in [1.165, 1.54) is 6.92 Å². The zero-order chi connectivity index (χ0) is 11.5. The Morgan fingerprint density at radius 1 is 1.40 bits per heavy atom. The van der Waals surface area contributed by atoms with E-state index in [0.29, 0.717) is 5.88 Å². The molecule has 1 rings (SSSR count). The van der Waals surface area contributed by atoms with Gasteiger partial charge in [-0.15, -0.1) is 0 Å². The highest BCUT2D eigenvalue weighted by molar-refractivity contribution is 5.76. The van der Waals surface area contributed by atoms with Crippen molar-refractivity contribution in [3.8, 4) is 5.88 Å². The predicted octanol–water partition coefficient (Wildman–Crippen LogP) is 2.35. The average molecular weight is 207 g/mol. The zero-order valence-electron chi connectivity index (χ0n) is 9.70. The molecule has 1 aromatic rings. The first-order valence-corrected chi connectivity index (χ1v) is 4.98. The Morgan fingerprint density at radius 2 is 2.07 bits per heavy atom. The SMILES string of the molecule is CC(=O)COc1ccc(C(C)(C)C)cn1. The molecule has 0 radical (unpaired) electrons. The van der Waals surface area contributed by atoms with Crippen LogP contribution in [0.3, 0.4) is 0 Å². The van der Waals surface area contributed by atoms with Gasteiger partial charge in [-0.1, -0.05) is 26.8 Å². The number of ketones is 1. The van der Waals surface area contributed by atoms with E-state index in [4.69, 9.17) is 4.74 Å². The predicted molar refractivity (Wildman–Crippen MR) is 59.1 cm³/mol. The van der Waals surface area contributed by atoms with Gasteiger partial charge < -0.3 is 4.74 Å². The summed E-state index contributed by atoms with van der Waals surface area (Å²) in [5.74, 6) is 0.495. The molecule has 0 N–H and O–H groups in total. The van der Waals surface area contributed by atoms with E-state index in [1.807, 2.05) is 6.07 Å². The topological polar surface area (TPSA) is 39.2 Å². The van der Waals surface area contributed by atoms with E-state index in [2.05, 4.69) is 25.8 Å². The van der Waals surface area contributed by atoms with E-state index in [-0.39, 0.29) is 17.8 Å². The Kier molecular flexibility index (Phi) is 3.45. The molecule has 0 spiro atoms. The second kappa shape index (κ2) is 4.43. The molecule has 0 aromatic carbocycles. The smallest absolute Gasteiger partial charge is 0.213 e. The van der Waals surface area contributed by atoms with E-state index in [9.17, 15) is 4.79 Å². The van der Waals surface area contributed by atoms with Crippen molar-refractivity contribution in [2.24, 2.45) is 0 Å². The Morgan fingerprint density at radius 3 is 2.47 bits per heavy atom. The lowest BCUT2D eigenvalue weighted by molar-refractivity contribution is -0.119. The number of hydrogen-bond donors (Lipinski definition) is 0. The quantitative estimate of drug-likeness (QED) is 0.763. The summed E-state index contributed by atoms with van der Waals surface area (Å²) in [6, 6.07) is 3.77. The van der Waals surface area contributed by atoms with E-state index < -0.39 is 0 Å². The molecule has 0 aliphatic heterocycles. The van der Waals surface area contributed by atoms with Gasteiger partial charge in [0.15, 0.2) is 5.78 Å². The molecule has 1 heterocycles. The normalized spacial score (nSPS) is 11.2. The van der Waals surface area contributed by atoms with Crippen LogP contribution in [0.5, 0.6) is 5.88 Å². The van der Waals surface area contributed by atoms with Crippen LogP contribution in [0.15, 0.2) is 18.3 Å². The molecule has 3 heteroatoms. The van der Waals surface area contributed by atoms with E-state index in [1.54, 1.807) is 12.3 Å². The van der Waals surface area contributed by atoms with Gasteiger partial charge in [0.2, 0.25) is 5.88 Å². The van der Waals surface area contributed by atoms with Crippen LogP contribution in [-0.4, -0.2) is 17.4 Å². The molecule has 0 saturated heterocycles. The molecule has 0 unspecified atom stereocenters. The fourth-order valence-corrected chi connectivity index (χ4v) is 1.08. The van der Waals surface area contributed by atoms with Gasteiger partial charge in [-0.05, 0) is 17.9 Å². The maximum absolute atomic E-state index is 10.7. The molecule has 0 atom stereocenters. The molecular weight excluding hydrogens is 190 g/mol. The van der Waals surface area contributed by atoms with E-state index >= 15 is 0 Å². The Bertz CT molecular complexity index is 336. The highest BCUT2D eigenvalue weighted by Gasteiger charge is 2.13. The largest absolute Gasteiger partial charge is 0.470 e. The Balaban J connectivity index is 2.69. The Hall–Kier alpha value is -1.38. The summed E-state index contributed by atoms with van der Waals surface area (Å²) in [4.78, 5) is 14.8. The van der Waals surface area contributed by atoms with Gasteiger partial charge in [0.05, 0.1) is 0 Å². The standard InChI is InChI=1S/C12H17NO2/c1-9(14)8-15-11-6-5-10(7-13-11)12(2,3)4/h5-7H,8H2,1-4H3. The van der Waals surface area contributed by atoms with Gasteiger partial charge in [0.25, 0.3) is 0 Å². The van der Waals surface area contributed by atoms with Crippen LogP contribution >= 0.6 is 0 Å². The number of Topliss-reactive ketones (excluding diaryl/α,β-unsaturated/α-hetero) is 1. The van der Waals surface area contributed by atoms with Crippen molar-refractivity contribution < 1.29 is 9.53 Å². The molecule has 15 heavy (non-hydrogen) atoms. The highest BCUT2D eigenvalue weighted by Crippen LogP contribution is 2.22. The first-order chi connectivity index (χ1) is 6.89. The maximum atomic E-state index is 10.7. The van der Waals surface area contributed by atoms with Crippen LogP contribution in [0, 0.1) is 0 Å². The lowest BCUT2D eigenvalue weighted by Gasteiger charge is -2.18. The molecule has 0 saturated carbocycles. The summed E-state index contributed by atoms with van der Waals surface area (Å²) in [5.41, 5.74) is 1.24. The van der Waals surface area contributed by atoms with Crippen LogP contribution in [0.25, 0.3) is 0 Å². The van der Waals surface area contributed by atoms with Gasteiger partial charge in [-0.3, -0.25) is 4.79 Å². The van der Waals surface area contributed by atoms with E-state index in [0.717, 1.165) is 5.56 Å². The number of carbonyl (C=O) groups excluding carboxylic acids is 1. The molecule has 0 aliphatic rings. The molecular formula is C12H17NO2. The number of ether oxygens (including phenoxy) is 1. The number of pyridine rings is 1. The third-order valence-corrected chi connectivity index (χ3v) is 2.03. The summed E-state index contributed by atoms with van der Waals surface area (Å²) >= 11 is 0. The first kappa shape index (κ1) is 11.7. The minimum atomic E-state index is -0.00306. The molecule has 0 bridgehead atoms. The number of carbonyl (C=O) groups is 1. The van der Waals surface area contributed by atoms with Crippen LogP contribution in [-0.2, 0) is 10.2 Å². The monoisotopic (exact) mass is 207 g/mol. The van der Waals surface area contributed by atoms with Crippen molar-refractivity contribution >= 4 is 5.78 Å². The van der Waals surface area contributed by atoms with Crippen molar-refractivity contribution in [3.63, 3.8) is 0 Å². The minimum Gasteiger partial charge on any atom is -0.470 e. The minimum absolute atomic E-state index is 0.00306. The molecule has 0 aliphatic carbocycles. The molecule has 82 valence electrons. The van der Waals surface area contributed by atoms with Crippen LogP contribution in [0.1, 0.15) is 33.3 Å². The second-order valence-corrected chi connectivity index (χ2v) is 4.63. The number of aromatic nitrogens is 1.